The summed E-state index contributed by atoms with van der Waals surface area (Å²) in [5.41, 5.74) is 1.71. The minimum Gasteiger partial charge on any atom is -0.497 e. The predicted molar refractivity (Wildman–Crippen MR) is 92.1 cm³/mol. The van der Waals surface area contributed by atoms with Crippen LogP contribution in [0.1, 0.15) is 10.9 Å². The minimum atomic E-state index is -0.148. The van der Waals surface area contributed by atoms with Crippen LogP contribution in [0.3, 0.4) is 0 Å². The summed E-state index contributed by atoms with van der Waals surface area (Å²) in [6.07, 6.45) is 0. The van der Waals surface area contributed by atoms with Crippen LogP contribution in [0.25, 0.3) is 0 Å². The normalized spacial score (nSPS) is 17.9. The molecule has 6 heteroatoms. The predicted octanol–water partition coefficient (Wildman–Crippen LogP) is 4.78. The van der Waals surface area contributed by atoms with Crippen molar-refractivity contribution in [3.63, 3.8) is 0 Å². The van der Waals surface area contributed by atoms with E-state index in [9.17, 15) is 4.79 Å². The molecule has 0 aliphatic carbocycles. The highest BCUT2D eigenvalue weighted by Crippen LogP contribution is 2.44. The first-order valence-electron chi connectivity index (χ1n) is 6.63. The Morgan fingerprint density at radius 2 is 1.91 bits per heavy atom. The zero-order chi connectivity index (χ0) is 15.7. The molecule has 2 aromatic carbocycles. The van der Waals surface area contributed by atoms with Crippen LogP contribution in [0, 0.1) is 0 Å². The Morgan fingerprint density at radius 3 is 2.55 bits per heavy atom. The lowest BCUT2D eigenvalue weighted by atomic mass is 10.2. The molecule has 3 nitrogen and oxygen atoms in total. The second kappa shape index (κ2) is 6.41. The molecule has 0 N–H and O–H groups in total. The second-order valence-corrected chi connectivity index (χ2v) is 6.70. The summed E-state index contributed by atoms with van der Waals surface area (Å²) in [6.45, 7) is 0. The number of hydrogen-bond donors (Lipinski definition) is 0. The van der Waals surface area contributed by atoms with E-state index in [4.69, 9.17) is 27.9 Å². The number of anilines is 1. The third kappa shape index (κ3) is 2.91. The van der Waals surface area contributed by atoms with Crippen LogP contribution in [0.15, 0.2) is 42.5 Å². The van der Waals surface area contributed by atoms with E-state index in [-0.39, 0.29) is 11.3 Å². The van der Waals surface area contributed by atoms with E-state index < -0.39 is 0 Å². The van der Waals surface area contributed by atoms with E-state index in [1.807, 2.05) is 30.3 Å². The maximum absolute atomic E-state index is 12.3. The Labute approximate surface area is 143 Å². The van der Waals surface area contributed by atoms with Gasteiger partial charge in [-0.05, 0) is 36.4 Å². The van der Waals surface area contributed by atoms with Gasteiger partial charge in [-0.25, -0.2) is 0 Å². The molecule has 1 aliphatic heterocycles. The van der Waals surface area contributed by atoms with Crippen LogP contribution in [0.4, 0.5) is 5.69 Å². The van der Waals surface area contributed by atoms with Gasteiger partial charge in [0, 0.05) is 21.3 Å². The lowest BCUT2D eigenvalue weighted by Gasteiger charge is -2.25. The van der Waals surface area contributed by atoms with Crippen molar-refractivity contribution in [2.45, 2.75) is 5.37 Å². The number of rotatable bonds is 3. The summed E-state index contributed by atoms with van der Waals surface area (Å²) >= 11 is 13.8. The molecule has 22 heavy (non-hydrogen) atoms. The Balaban J connectivity index is 1.98. The fourth-order valence-electron chi connectivity index (χ4n) is 2.38. The van der Waals surface area contributed by atoms with E-state index in [1.165, 1.54) is 0 Å². The number of halogens is 2. The molecule has 0 bridgehead atoms. The fourth-order valence-corrected chi connectivity index (χ4v) is 4.17. The standard InChI is InChI=1S/C16H13Cl2NO2S/c1-21-12-5-3-11(4-6-12)19-15(20)9-22-16(19)13-7-2-10(17)8-14(13)18/h2-8,16H,9H2,1H3/t16-/m0/s1. The van der Waals surface area contributed by atoms with E-state index in [0.717, 1.165) is 17.0 Å². The SMILES string of the molecule is COc1ccc(N2C(=O)CS[C@H]2c2ccc(Cl)cc2Cl)cc1. The summed E-state index contributed by atoms with van der Waals surface area (Å²) in [6, 6.07) is 12.8. The second-order valence-electron chi connectivity index (χ2n) is 4.79. The summed E-state index contributed by atoms with van der Waals surface area (Å²) in [5.74, 6) is 1.24. The lowest BCUT2D eigenvalue weighted by molar-refractivity contribution is -0.115. The first-order chi connectivity index (χ1) is 10.6. The molecule has 0 aromatic heterocycles. The number of amides is 1. The molecule has 3 rings (SSSR count). The zero-order valence-electron chi connectivity index (χ0n) is 11.8. The van der Waals surface area contributed by atoms with Gasteiger partial charge in [0.05, 0.1) is 12.9 Å². The van der Waals surface area contributed by atoms with E-state index in [0.29, 0.717) is 15.8 Å². The van der Waals surface area contributed by atoms with Crippen molar-refractivity contribution >= 4 is 46.6 Å². The minimum absolute atomic E-state index is 0.0613. The van der Waals surface area contributed by atoms with Gasteiger partial charge in [-0.15, -0.1) is 11.8 Å². The van der Waals surface area contributed by atoms with Gasteiger partial charge in [0.25, 0.3) is 0 Å². The molecule has 114 valence electrons. The number of nitrogens with zero attached hydrogens (tertiary/aromatic N) is 1. The van der Waals surface area contributed by atoms with Gasteiger partial charge < -0.3 is 4.74 Å². The average molecular weight is 354 g/mol. The van der Waals surface area contributed by atoms with Gasteiger partial charge in [0.15, 0.2) is 0 Å². The fraction of sp³-hybridized carbons (Fsp3) is 0.188. The van der Waals surface area contributed by atoms with E-state index in [1.54, 1.807) is 35.9 Å². The maximum atomic E-state index is 12.3. The Morgan fingerprint density at radius 1 is 1.18 bits per heavy atom. The summed E-state index contributed by atoms with van der Waals surface area (Å²) < 4.78 is 5.16. The van der Waals surface area contributed by atoms with Gasteiger partial charge >= 0.3 is 0 Å². The van der Waals surface area contributed by atoms with Crippen molar-refractivity contribution in [2.24, 2.45) is 0 Å². The van der Waals surface area contributed by atoms with Crippen molar-refractivity contribution < 1.29 is 9.53 Å². The van der Waals surface area contributed by atoms with Crippen molar-refractivity contribution in [1.82, 2.24) is 0 Å². The molecule has 1 heterocycles. The topological polar surface area (TPSA) is 29.5 Å². The van der Waals surface area contributed by atoms with Crippen LogP contribution in [-0.2, 0) is 4.79 Å². The molecular weight excluding hydrogens is 341 g/mol. The van der Waals surface area contributed by atoms with Crippen LogP contribution in [0.2, 0.25) is 10.0 Å². The van der Waals surface area contributed by atoms with Gasteiger partial charge in [0.2, 0.25) is 5.91 Å². The first kappa shape index (κ1) is 15.5. The number of carbonyl (C=O) groups is 1. The van der Waals surface area contributed by atoms with Crippen LogP contribution in [-0.4, -0.2) is 18.8 Å². The third-order valence-corrected chi connectivity index (χ3v) is 5.20. The molecule has 1 fully saturated rings. The number of methoxy groups -OCH3 is 1. The molecule has 1 saturated heterocycles. The number of benzene rings is 2. The largest absolute Gasteiger partial charge is 0.497 e. The van der Waals surface area contributed by atoms with Gasteiger partial charge in [-0.3, -0.25) is 9.69 Å². The maximum Gasteiger partial charge on any atom is 0.238 e. The summed E-state index contributed by atoms with van der Waals surface area (Å²) in [5, 5.41) is 1.00. The summed E-state index contributed by atoms with van der Waals surface area (Å²) in [7, 11) is 1.61. The lowest BCUT2D eigenvalue weighted by Crippen LogP contribution is -2.27. The Kier molecular flexibility index (Phi) is 4.52. The molecule has 0 saturated carbocycles. The molecule has 1 atom stereocenters. The van der Waals surface area contributed by atoms with Crippen molar-refractivity contribution in [3.8, 4) is 5.75 Å². The highest BCUT2D eigenvalue weighted by molar-refractivity contribution is 8.00. The molecule has 1 amide bonds. The van der Waals surface area contributed by atoms with Crippen LogP contribution in [0.5, 0.6) is 5.75 Å². The monoisotopic (exact) mass is 353 g/mol. The zero-order valence-corrected chi connectivity index (χ0v) is 14.1. The average Bonchev–Trinajstić information content (AvgIpc) is 2.89. The first-order valence-corrected chi connectivity index (χ1v) is 8.43. The van der Waals surface area contributed by atoms with Crippen LogP contribution < -0.4 is 9.64 Å². The van der Waals surface area contributed by atoms with Crippen molar-refractivity contribution in [2.75, 3.05) is 17.8 Å². The van der Waals surface area contributed by atoms with Crippen LogP contribution >= 0.6 is 35.0 Å². The highest BCUT2D eigenvalue weighted by Gasteiger charge is 2.35. The number of carbonyl (C=O) groups excluding carboxylic acids is 1. The van der Waals surface area contributed by atoms with Crippen molar-refractivity contribution in [1.29, 1.82) is 0 Å². The number of hydrogen-bond acceptors (Lipinski definition) is 3. The Hall–Kier alpha value is -1.36. The number of ether oxygens (including phenoxy) is 1. The van der Waals surface area contributed by atoms with E-state index in [2.05, 4.69) is 0 Å². The van der Waals surface area contributed by atoms with Gasteiger partial charge in [0.1, 0.15) is 11.1 Å². The molecule has 0 unspecified atom stereocenters. The third-order valence-electron chi connectivity index (χ3n) is 3.45. The smallest absolute Gasteiger partial charge is 0.238 e. The number of thioether (sulfide) groups is 1. The molecular formula is C16H13Cl2NO2S. The van der Waals surface area contributed by atoms with Crippen molar-refractivity contribution in [3.05, 3.63) is 58.1 Å². The van der Waals surface area contributed by atoms with Gasteiger partial charge in [-0.1, -0.05) is 29.3 Å². The van der Waals surface area contributed by atoms with E-state index >= 15 is 0 Å². The quantitative estimate of drug-likeness (QED) is 0.794. The molecule has 2 aromatic rings. The highest BCUT2D eigenvalue weighted by atomic mass is 35.5. The Bertz CT molecular complexity index is 706. The van der Waals surface area contributed by atoms with Gasteiger partial charge in [-0.2, -0.15) is 0 Å². The summed E-state index contributed by atoms with van der Waals surface area (Å²) in [4.78, 5) is 14.1. The molecule has 1 aliphatic rings. The molecule has 0 radical (unpaired) electrons. The molecule has 0 spiro atoms.